The average Bonchev–Trinajstić information content (AvgIpc) is 3.09. The van der Waals surface area contributed by atoms with Crippen molar-refractivity contribution >= 4 is 11.9 Å². The molecule has 0 heterocycles. The lowest BCUT2D eigenvalue weighted by Crippen LogP contribution is -2.37. The molecular formula is C13H13F2NO3. The Bertz CT molecular complexity index is 494. The molecule has 1 aliphatic rings. The highest BCUT2D eigenvalue weighted by Gasteiger charge is 2.28. The van der Waals surface area contributed by atoms with E-state index in [0.717, 1.165) is 29.9 Å². The van der Waals surface area contributed by atoms with Gasteiger partial charge in [0.25, 0.3) is 5.91 Å². The molecule has 0 saturated heterocycles. The summed E-state index contributed by atoms with van der Waals surface area (Å²) in [5.41, 5.74) is -0.167. The van der Waals surface area contributed by atoms with Crippen molar-refractivity contribution < 1.29 is 23.5 Å². The summed E-state index contributed by atoms with van der Waals surface area (Å²) < 4.78 is 26.1. The Hall–Kier alpha value is -1.98. The van der Waals surface area contributed by atoms with Crippen molar-refractivity contribution in [2.24, 2.45) is 5.92 Å². The van der Waals surface area contributed by atoms with E-state index in [1.165, 1.54) is 0 Å². The second kappa shape index (κ2) is 5.34. The Morgan fingerprint density at radius 2 is 1.79 bits per heavy atom. The first-order chi connectivity index (χ1) is 8.95. The van der Waals surface area contributed by atoms with Crippen LogP contribution in [-0.4, -0.2) is 35.0 Å². The highest BCUT2D eigenvalue weighted by molar-refractivity contribution is 5.95. The molecule has 0 atom stereocenters. The second-order valence-electron chi connectivity index (χ2n) is 4.68. The smallest absolute Gasteiger partial charge is 0.323 e. The number of carboxylic acids is 1. The fourth-order valence-corrected chi connectivity index (χ4v) is 1.85. The maximum Gasteiger partial charge on any atom is 0.323 e. The number of carbonyl (C=O) groups excluding carboxylic acids is 1. The summed E-state index contributed by atoms with van der Waals surface area (Å²) in [4.78, 5) is 23.9. The molecule has 1 saturated carbocycles. The van der Waals surface area contributed by atoms with E-state index in [1.54, 1.807) is 0 Å². The molecule has 1 fully saturated rings. The first-order valence-corrected chi connectivity index (χ1v) is 5.93. The molecule has 1 amide bonds. The number of hydrogen-bond acceptors (Lipinski definition) is 2. The molecule has 1 aliphatic carbocycles. The minimum atomic E-state index is -1.15. The van der Waals surface area contributed by atoms with Crippen LogP contribution < -0.4 is 0 Å². The van der Waals surface area contributed by atoms with Gasteiger partial charge in [0.2, 0.25) is 0 Å². The minimum absolute atomic E-state index is 0.167. The quantitative estimate of drug-likeness (QED) is 0.888. The van der Waals surface area contributed by atoms with Crippen LogP contribution in [0.2, 0.25) is 0 Å². The number of halogens is 2. The zero-order valence-corrected chi connectivity index (χ0v) is 10.1. The Morgan fingerprint density at radius 1 is 1.21 bits per heavy atom. The van der Waals surface area contributed by atoms with Crippen LogP contribution in [0.1, 0.15) is 23.2 Å². The van der Waals surface area contributed by atoms with Gasteiger partial charge in [-0.05, 0) is 30.9 Å². The molecule has 6 heteroatoms. The van der Waals surface area contributed by atoms with Gasteiger partial charge in [-0.2, -0.15) is 0 Å². The third-order valence-electron chi connectivity index (χ3n) is 2.90. The van der Waals surface area contributed by atoms with Crippen molar-refractivity contribution in [3.8, 4) is 0 Å². The van der Waals surface area contributed by atoms with Gasteiger partial charge in [-0.1, -0.05) is 0 Å². The van der Waals surface area contributed by atoms with Crippen molar-refractivity contribution in [3.05, 3.63) is 35.4 Å². The maximum atomic E-state index is 13.1. The molecule has 0 aromatic heterocycles. The minimum Gasteiger partial charge on any atom is -0.480 e. The van der Waals surface area contributed by atoms with Gasteiger partial charge in [0, 0.05) is 18.2 Å². The summed E-state index contributed by atoms with van der Waals surface area (Å²) in [6, 6.07) is 2.49. The van der Waals surface area contributed by atoms with E-state index in [0.29, 0.717) is 18.5 Å². The number of aliphatic carboxylic acids is 1. The first kappa shape index (κ1) is 13.5. The number of amides is 1. The third-order valence-corrected chi connectivity index (χ3v) is 2.90. The van der Waals surface area contributed by atoms with Gasteiger partial charge in [-0.3, -0.25) is 9.59 Å². The molecule has 0 aliphatic heterocycles. The standard InChI is InChI=1S/C13H13F2NO3/c14-10-3-9(4-11(15)5-10)13(19)16(7-12(17)18)6-8-1-2-8/h3-5,8H,1-2,6-7H2,(H,17,18). The highest BCUT2D eigenvalue weighted by atomic mass is 19.1. The normalized spacial score (nSPS) is 14.2. The van der Waals surface area contributed by atoms with Crippen molar-refractivity contribution in [2.45, 2.75) is 12.8 Å². The molecule has 0 radical (unpaired) electrons. The molecule has 19 heavy (non-hydrogen) atoms. The van der Waals surface area contributed by atoms with Crippen LogP contribution in [0.25, 0.3) is 0 Å². The molecule has 1 aromatic rings. The fourth-order valence-electron chi connectivity index (χ4n) is 1.85. The number of hydrogen-bond donors (Lipinski definition) is 1. The van der Waals surface area contributed by atoms with Crippen LogP contribution in [0.5, 0.6) is 0 Å². The molecule has 1 N–H and O–H groups in total. The van der Waals surface area contributed by atoms with E-state index in [4.69, 9.17) is 5.11 Å². The summed E-state index contributed by atoms with van der Waals surface area (Å²) in [5, 5.41) is 8.78. The van der Waals surface area contributed by atoms with Crippen LogP contribution in [0.4, 0.5) is 8.78 Å². The Balaban J connectivity index is 2.18. The van der Waals surface area contributed by atoms with E-state index < -0.39 is 30.1 Å². The SMILES string of the molecule is O=C(O)CN(CC1CC1)C(=O)c1cc(F)cc(F)c1. The lowest BCUT2D eigenvalue weighted by Gasteiger charge is -2.20. The Morgan fingerprint density at radius 3 is 2.26 bits per heavy atom. The van der Waals surface area contributed by atoms with Crippen LogP contribution in [-0.2, 0) is 4.79 Å². The number of carbonyl (C=O) groups is 2. The predicted octanol–water partition coefficient (Wildman–Crippen LogP) is 1.90. The van der Waals surface area contributed by atoms with Crippen molar-refractivity contribution in [1.29, 1.82) is 0 Å². The van der Waals surface area contributed by atoms with Crippen LogP contribution in [0, 0.1) is 17.6 Å². The van der Waals surface area contributed by atoms with E-state index in [9.17, 15) is 18.4 Å². The zero-order chi connectivity index (χ0) is 14.0. The Labute approximate surface area is 108 Å². The van der Waals surface area contributed by atoms with E-state index in [1.807, 2.05) is 0 Å². The fraction of sp³-hybridized carbons (Fsp3) is 0.385. The molecule has 0 bridgehead atoms. The summed E-state index contributed by atoms with van der Waals surface area (Å²) in [5.74, 6) is -3.23. The molecule has 2 rings (SSSR count). The Kier molecular flexibility index (Phi) is 3.78. The molecule has 0 spiro atoms. The summed E-state index contributed by atoms with van der Waals surface area (Å²) in [7, 11) is 0. The average molecular weight is 269 g/mol. The zero-order valence-electron chi connectivity index (χ0n) is 10.1. The molecule has 1 aromatic carbocycles. The molecule has 4 nitrogen and oxygen atoms in total. The van der Waals surface area contributed by atoms with Gasteiger partial charge in [0.05, 0.1) is 0 Å². The third kappa shape index (κ3) is 3.74. The topological polar surface area (TPSA) is 57.6 Å². The van der Waals surface area contributed by atoms with E-state index >= 15 is 0 Å². The van der Waals surface area contributed by atoms with Gasteiger partial charge in [-0.15, -0.1) is 0 Å². The molecular weight excluding hydrogens is 256 g/mol. The van der Waals surface area contributed by atoms with Crippen molar-refractivity contribution in [2.75, 3.05) is 13.1 Å². The number of benzene rings is 1. The summed E-state index contributed by atoms with van der Waals surface area (Å²) in [6.45, 7) is -0.156. The van der Waals surface area contributed by atoms with Gasteiger partial charge >= 0.3 is 5.97 Å². The number of nitrogens with zero attached hydrogens (tertiary/aromatic N) is 1. The summed E-state index contributed by atoms with van der Waals surface area (Å²) in [6.07, 6.45) is 1.89. The van der Waals surface area contributed by atoms with Gasteiger partial charge < -0.3 is 10.0 Å². The van der Waals surface area contributed by atoms with Crippen molar-refractivity contribution in [3.63, 3.8) is 0 Å². The van der Waals surface area contributed by atoms with Crippen LogP contribution in [0.15, 0.2) is 18.2 Å². The molecule has 102 valence electrons. The summed E-state index contributed by atoms with van der Waals surface area (Å²) >= 11 is 0. The van der Waals surface area contributed by atoms with Crippen LogP contribution in [0.3, 0.4) is 0 Å². The van der Waals surface area contributed by atoms with Crippen molar-refractivity contribution in [1.82, 2.24) is 4.90 Å². The largest absolute Gasteiger partial charge is 0.480 e. The lowest BCUT2D eigenvalue weighted by molar-refractivity contribution is -0.137. The lowest BCUT2D eigenvalue weighted by atomic mass is 10.1. The van der Waals surface area contributed by atoms with Gasteiger partial charge in [-0.25, -0.2) is 8.78 Å². The molecule has 0 unspecified atom stereocenters. The predicted molar refractivity (Wildman–Crippen MR) is 62.6 cm³/mol. The highest BCUT2D eigenvalue weighted by Crippen LogP contribution is 2.30. The first-order valence-electron chi connectivity index (χ1n) is 5.93. The van der Waals surface area contributed by atoms with Crippen LogP contribution >= 0.6 is 0 Å². The maximum absolute atomic E-state index is 13.1. The van der Waals surface area contributed by atoms with E-state index in [-0.39, 0.29) is 5.56 Å². The van der Waals surface area contributed by atoms with Gasteiger partial charge in [0.15, 0.2) is 0 Å². The number of carboxylic acid groups (broad SMARTS) is 1. The number of rotatable bonds is 5. The monoisotopic (exact) mass is 269 g/mol. The van der Waals surface area contributed by atoms with E-state index in [2.05, 4.69) is 0 Å². The van der Waals surface area contributed by atoms with Gasteiger partial charge in [0.1, 0.15) is 18.2 Å². The second-order valence-corrected chi connectivity index (χ2v) is 4.68.